The van der Waals surface area contributed by atoms with Crippen LogP contribution in [0.1, 0.15) is 0 Å². The van der Waals surface area contributed by atoms with Gasteiger partial charge in [-0.2, -0.15) is 65.9 Å². The van der Waals surface area contributed by atoms with Gasteiger partial charge in [-0.25, -0.2) is 25.3 Å². The van der Waals surface area contributed by atoms with E-state index in [1.54, 1.807) is 0 Å². The molecule has 0 N–H and O–H groups in total. The van der Waals surface area contributed by atoms with E-state index in [-0.39, 0.29) is 19.5 Å². The predicted molar refractivity (Wildman–Crippen MR) is 76.7 cm³/mol. The molecule has 1 radical (unpaired) electrons. The van der Waals surface area contributed by atoms with Gasteiger partial charge in [0.05, 0.1) is 0 Å². The zero-order valence-electron chi connectivity index (χ0n) is 16.0. The van der Waals surface area contributed by atoms with Gasteiger partial charge in [0, 0.05) is 0 Å². The maximum absolute atomic E-state index is 11.7. The fourth-order valence-electron chi connectivity index (χ4n) is 0.912. The topological polar surface area (TPSA) is 172 Å². The number of halogens is 15. The van der Waals surface area contributed by atoms with Crippen LogP contribution in [-0.4, -0.2) is 92.5 Å². The molecule has 0 atom stereocenters. The Hall–Kier alpha value is -0.697. The van der Waals surface area contributed by atoms with Crippen molar-refractivity contribution in [3.63, 3.8) is 0 Å². The molecule has 0 rings (SSSR count). The first-order chi connectivity index (χ1) is 14.9. The number of hydrogen-bond donors (Lipinski definition) is 0. The normalized spacial score (nSPS) is 14.4. The largest absolute Gasteiger partial charge is 3.00 e. The summed E-state index contributed by atoms with van der Waals surface area (Å²) in [6, 6.07) is 0. The Morgan fingerprint density at radius 2 is 0.486 bits per heavy atom. The minimum atomic E-state index is -6.01. The Bertz CT molecular complexity index is 895. The molecule has 0 unspecified atom stereocenters. The second kappa shape index (κ2) is 13.1. The van der Waals surface area contributed by atoms with E-state index in [0.29, 0.717) is 0 Å². The summed E-state index contributed by atoms with van der Waals surface area (Å²) in [5.41, 5.74) is 0. The first-order valence-corrected chi connectivity index (χ1v) is 11.7. The van der Waals surface area contributed by atoms with Crippen LogP contribution < -0.4 is 0 Å². The van der Waals surface area contributed by atoms with E-state index in [1.165, 1.54) is 0 Å². The smallest absolute Gasteiger partial charge is 0.748 e. The molecular formula is C9H6F15O9RuS3. The van der Waals surface area contributed by atoms with Crippen LogP contribution >= 0.6 is 0 Å². The van der Waals surface area contributed by atoms with Gasteiger partial charge in [-0.1, -0.05) is 0 Å². The van der Waals surface area contributed by atoms with Gasteiger partial charge in [0.1, 0.15) is 47.6 Å². The van der Waals surface area contributed by atoms with Crippen LogP contribution in [0.25, 0.3) is 0 Å². The molecule has 0 saturated carbocycles. The summed E-state index contributed by atoms with van der Waals surface area (Å²) in [6.45, 7) is 0. The van der Waals surface area contributed by atoms with Crippen molar-refractivity contribution in [3.05, 3.63) is 0 Å². The van der Waals surface area contributed by atoms with E-state index in [2.05, 4.69) is 0 Å². The summed E-state index contributed by atoms with van der Waals surface area (Å²) in [5.74, 6) is -24.7. The minimum Gasteiger partial charge on any atom is -0.748 e. The molecule has 0 aliphatic rings. The van der Waals surface area contributed by atoms with E-state index in [9.17, 15) is 105 Å². The third-order valence-corrected chi connectivity index (χ3v) is 4.47. The van der Waals surface area contributed by atoms with E-state index in [1.807, 2.05) is 0 Å². The van der Waals surface area contributed by atoms with Gasteiger partial charge in [-0.05, 0) is 0 Å². The number of hydrogen-bond acceptors (Lipinski definition) is 9. The summed E-state index contributed by atoms with van der Waals surface area (Å²) in [5, 5.41) is 0. The second-order valence-corrected chi connectivity index (χ2v) is 9.92. The fraction of sp³-hybridized carbons (Fsp3) is 1.00. The first-order valence-electron chi connectivity index (χ1n) is 7.01. The van der Waals surface area contributed by atoms with Gasteiger partial charge in [0.2, 0.25) is 0 Å². The monoisotopic (exact) mass is 741 g/mol. The van der Waals surface area contributed by atoms with E-state index >= 15 is 0 Å². The molecule has 37 heavy (non-hydrogen) atoms. The quantitative estimate of drug-likeness (QED) is 0.225. The van der Waals surface area contributed by atoms with Crippen LogP contribution in [0, 0.1) is 0 Å². The molecule has 0 aromatic heterocycles. The molecule has 227 valence electrons. The van der Waals surface area contributed by atoms with Crippen molar-refractivity contribution >= 4 is 30.4 Å². The maximum Gasteiger partial charge on any atom is 3.00 e. The Kier molecular flexibility index (Phi) is 15.4. The van der Waals surface area contributed by atoms with Crippen LogP contribution in [0.3, 0.4) is 0 Å². The van der Waals surface area contributed by atoms with E-state index < -0.39 is 83.9 Å². The van der Waals surface area contributed by atoms with Crippen LogP contribution in [0.15, 0.2) is 0 Å². The molecule has 0 aromatic carbocycles. The van der Waals surface area contributed by atoms with Gasteiger partial charge in [0.15, 0.2) is 0 Å². The van der Waals surface area contributed by atoms with Crippen molar-refractivity contribution in [1.29, 1.82) is 0 Å². The Morgan fingerprint density at radius 1 is 0.378 bits per heavy atom. The second-order valence-electron chi connectivity index (χ2n) is 5.71. The fourth-order valence-corrected chi connectivity index (χ4v) is 2.73. The van der Waals surface area contributed by atoms with Crippen LogP contribution in [-0.2, 0) is 49.8 Å². The molecule has 0 saturated heterocycles. The van der Waals surface area contributed by atoms with Crippen molar-refractivity contribution in [2.45, 2.75) is 36.3 Å². The molecule has 0 aliphatic carbocycles. The molecule has 0 fully saturated rings. The number of alkyl halides is 15. The average Bonchev–Trinajstić information content (AvgIpc) is 2.36. The standard InChI is InChI=1S/3C3H3F5O3S.Ru/c3*4-2(5,3(6,7)8)1-12(9,10)11;/h3*1H2,(H,9,10,11);/q;;;+3/p-3. The number of rotatable bonds is 6. The molecule has 0 heterocycles. The molecule has 0 aliphatic heterocycles. The Balaban J connectivity index is -0.000000218. The van der Waals surface area contributed by atoms with Gasteiger partial charge in [0.25, 0.3) is 0 Å². The third kappa shape index (κ3) is 19.9. The van der Waals surface area contributed by atoms with Crippen molar-refractivity contribution in [2.75, 3.05) is 17.3 Å². The molecule has 0 spiro atoms. The molecular weight excluding hydrogens is 734 g/mol. The van der Waals surface area contributed by atoms with E-state index in [4.69, 9.17) is 0 Å². The van der Waals surface area contributed by atoms with Crippen molar-refractivity contribution in [2.24, 2.45) is 0 Å². The maximum atomic E-state index is 11.7. The summed E-state index contributed by atoms with van der Waals surface area (Å²) in [7, 11) is -16.8. The van der Waals surface area contributed by atoms with Crippen LogP contribution in [0.4, 0.5) is 65.9 Å². The molecule has 0 amide bonds. The van der Waals surface area contributed by atoms with Crippen molar-refractivity contribution < 1.29 is 124 Å². The van der Waals surface area contributed by atoms with Gasteiger partial charge < -0.3 is 13.7 Å². The predicted octanol–water partition coefficient (Wildman–Crippen LogP) is 2.19. The van der Waals surface area contributed by atoms with Gasteiger partial charge in [-0.3, -0.25) is 0 Å². The molecule has 28 heteroatoms. The molecule has 9 nitrogen and oxygen atoms in total. The minimum absolute atomic E-state index is 0. The summed E-state index contributed by atoms with van der Waals surface area (Å²) < 4.78 is 257. The first kappa shape index (κ1) is 43.4. The molecule has 0 bridgehead atoms. The summed E-state index contributed by atoms with van der Waals surface area (Å²) in [4.78, 5) is 0. The van der Waals surface area contributed by atoms with Gasteiger partial charge >= 0.3 is 55.8 Å². The van der Waals surface area contributed by atoms with Crippen molar-refractivity contribution in [1.82, 2.24) is 0 Å². The Labute approximate surface area is 208 Å². The summed E-state index contributed by atoms with van der Waals surface area (Å²) in [6.07, 6.45) is -18.0. The molecule has 0 aromatic rings. The third-order valence-electron chi connectivity index (χ3n) is 2.32. The zero-order valence-corrected chi connectivity index (χ0v) is 20.2. The van der Waals surface area contributed by atoms with E-state index in [0.717, 1.165) is 0 Å². The average molecular weight is 740 g/mol. The Morgan fingerprint density at radius 3 is 0.514 bits per heavy atom. The summed E-state index contributed by atoms with van der Waals surface area (Å²) >= 11 is 0. The van der Waals surface area contributed by atoms with Crippen LogP contribution in [0.5, 0.6) is 0 Å². The SMILES string of the molecule is O=S(=O)([O-])CC(F)(F)C(F)(F)F.O=S(=O)([O-])CC(F)(F)C(F)(F)F.O=S(=O)([O-])CC(F)(F)C(F)(F)F.[Ru+3]. The zero-order chi connectivity index (χ0) is 30.6. The van der Waals surface area contributed by atoms with Gasteiger partial charge in [-0.15, -0.1) is 0 Å². The van der Waals surface area contributed by atoms with Crippen LogP contribution in [0.2, 0.25) is 0 Å². The van der Waals surface area contributed by atoms with Crippen molar-refractivity contribution in [3.8, 4) is 0 Å².